The number of aromatic nitrogens is 2. The number of hydrogen-bond donors (Lipinski definition) is 1. The summed E-state index contributed by atoms with van der Waals surface area (Å²) >= 11 is 0. The number of ether oxygens (including phenoxy) is 1. The molecular formula is C10H11FN2O. The second kappa shape index (κ2) is 3.29. The fourth-order valence-electron chi connectivity index (χ4n) is 1.31. The lowest BCUT2D eigenvalue weighted by atomic mass is 10.2. The van der Waals surface area contributed by atoms with Crippen molar-refractivity contribution in [3.63, 3.8) is 0 Å². The van der Waals surface area contributed by atoms with Crippen LogP contribution in [0.4, 0.5) is 4.39 Å². The van der Waals surface area contributed by atoms with Crippen LogP contribution in [0, 0.1) is 5.82 Å². The number of H-pyrrole nitrogens is 1. The van der Waals surface area contributed by atoms with Crippen molar-refractivity contribution in [2.75, 3.05) is 0 Å². The smallest absolute Gasteiger partial charge is 0.180 e. The van der Waals surface area contributed by atoms with E-state index < -0.39 is 0 Å². The molecule has 0 aliphatic rings. The van der Waals surface area contributed by atoms with Crippen LogP contribution in [-0.2, 0) is 0 Å². The highest BCUT2D eigenvalue weighted by Gasteiger charge is 2.11. The molecule has 0 aliphatic heterocycles. The Morgan fingerprint density at radius 1 is 1.43 bits per heavy atom. The Kier molecular flexibility index (Phi) is 2.11. The lowest BCUT2D eigenvalue weighted by Crippen LogP contribution is -2.07. The van der Waals surface area contributed by atoms with Crippen LogP contribution in [0.5, 0.6) is 5.75 Å². The molecule has 0 saturated heterocycles. The van der Waals surface area contributed by atoms with Gasteiger partial charge in [-0.25, -0.2) is 4.39 Å². The Balaban J connectivity index is 2.58. The fourth-order valence-corrected chi connectivity index (χ4v) is 1.31. The second-order valence-corrected chi connectivity index (χ2v) is 3.38. The van der Waals surface area contributed by atoms with Gasteiger partial charge in [-0.15, -0.1) is 0 Å². The lowest BCUT2D eigenvalue weighted by molar-refractivity contribution is 0.234. The van der Waals surface area contributed by atoms with Crippen LogP contribution >= 0.6 is 0 Å². The zero-order valence-electron chi connectivity index (χ0n) is 8.04. The Morgan fingerprint density at radius 3 is 2.93 bits per heavy atom. The van der Waals surface area contributed by atoms with E-state index in [0.29, 0.717) is 5.52 Å². The highest BCUT2D eigenvalue weighted by Crippen LogP contribution is 2.27. The minimum Gasteiger partial charge on any atom is -0.486 e. The maximum absolute atomic E-state index is 13.4. The summed E-state index contributed by atoms with van der Waals surface area (Å²) in [4.78, 5) is 0. The minimum atomic E-state index is -0.365. The summed E-state index contributed by atoms with van der Waals surface area (Å²) in [6.45, 7) is 3.71. The van der Waals surface area contributed by atoms with E-state index in [0.717, 1.165) is 5.39 Å². The molecule has 1 heterocycles. The van der Waals surface area contributed by atoms with E-state index in [1.54, 1.807) is 12.3 Å². The van der Waals surface area contributed by atoms with Gasteiger partial charge in [0, 0.05) is 5.39 Å². The summed E-state index contributed by atoms with van der Waals surface area (Å²) < 4.78 is 18.8. The molecule has 1 N–H and O–H groups in total. The van der Waals surface area contributed by atoms with Crippen molar-refractivity contribution in [1.29, 1.82) is 0 Å². The van der Waals surface area contributed by atoms with Crippen molar-refractivity contribution in [1.82, 2.24) is 10.2 Å². The molecule has 0 saturated carbocycles. The Bertz CT molecular complexity index is 450. The molecular weight excluding hydrogens is 183 g/mol. The van der Waals surface area contributed by atoms with Gasteiger partial charge in [-0.2, -0.15) is 5.10 Å². The van der Waals surface area contributed by atoms with E-state index in [-0.39, 0.29) is 17.7 Å². The summed E-state index contributed by atoms with van der Waals surface area (Å²) in [7, 11) is 0. The molecule has 0 unspecified atom stereocenters. The first kappa shape index (κ1) is 8.99. The highest BCUT2D eigenvalue weighted by atomic mass is 19.1. The van der Waals surface area contributed by atoms with E-state index >= 15 is 0 Å². The monoisotopic (exact) mass is 194 g/mol. The largest absolute Gasteiger partial charge is 0.486 e. The molecule has 14 heavy (non-hydrogen) atoms. The van der Waals surface area contributed by atoms with Crippen LogP contribution in [0.2, 0.25) is 0 Å². The molecule has 4 heteroatoms. The number of rotatable bonds is 2. The molecule has 2 rings (SSSR count). The van der Waals surface area contributed by atoms with Gasteiger partial charge in [-0.1, -0.05) is 0 Å². The predicted octanol–water partition coefficient (Wildman–Crippen LogP) is 2.49. The first-order valence-electron chi connectivity index (χ1n) is 4.46. The quantitative estimate of drug-likeness (QED) is 0.797. The molecule has 0 radical (unpaired) electrons. The summed E-state index contributed by atoms with van der Waals surface area (Å²) in [5.74, 6) is -0.120. The third-order valence-corrected chi connectivity index (χ3v) is 1.88. The summed E-state index contributed by atoms with van der Waals surface area (Å²) in [6, 6.07) is 3.05. The molecule has 1 aromatic carbocycles. The van der Waals surface area contributed by atoms with Crippen LogP contribution in [0.1, 0.15) is 13.8 Å². The number of nitrogens with zero attached hydrogens (tertiary/aromatic N) is 1. The number of benzene rings is 1. The molecule has 0 fully saturated rings. The normalized spacial score (nSPS) is 11.1. The first-order valence-corrected chi connectivity index (χ1v) is 4.46. The van der Waals surface area contributed by atoms with Crippen molar-refractivity contribution in [3.8, 4) is 5.75 Å². The maximum atomic E-state index is 13.4. The maximum Gasteiger partial charge on any atom is 0.180 e. The number of halogens is 1. The average molecular weight is 194 g/mol. The van der Waals surface area contributed by atoms with Gasteiger partial charge in [0.25, 0.3) is 0 Å². The van der Waals surface area contributed by atoms with Crippen LogP contribution in [0.15, 0.2) is 18.3 Å². The van der Waals surface area contributed by atoms with Gasteiger partial charge in [-0.05, 0) is 26.0 Å². The fraction of sp³-hybridized carbons (Fsp3) is 0.300. The van der Waals surface area contributed by atoms with Crippen LogP contribution < -0.4 is 4.74 Å². The van der Waals surface area contributed by atoms with E-state index in [1.807, 2.05) is 13.8 Å². The molecule has 0 spiro atoms. The van der Waals surface area contributed by atoms with Crippen molar-refractivity contribution in [3.05, 3.63) is 24.1 Å². The second-order valence-electron chi connectivity index (χ2n) is 3.38. The summed E-state index contributed by atoms with van der Waals surface area (Å²) in [6.07, 6.45) is 1.58. The van der Waals surface area contributed by atoms with E-state index in [1.165, 1.54) is 6.07 Å². The topological polar surface area (TPSA) is 37.9 Å². The Hall–Kier alpha value is -1.58. The van der Waals surface area contributed by atoms with Gasteiger partial charge in [0.1, 0.15) is 5.52 Å². The SMILES string of the molecule is CC(C)Oc1c(F)ccc2cn[nH]c12. The summed E-state index contributed by atoms with van der Waals surface area (Å²) in [5, 5.41) is 7.41. The van der Waals surface area contributed by atoms with Crippen molar-refractivity contribution in [2.45, 2.75) is 20.0 Å². The zero-order valence-corrected chi connectivity index (χ0v) is 8.04. The first-order chi connectivity index (χ1) is 6.68. The van der Waals surface area contributed by atoms with E-state index in [4.69, 9.17) is 4.74 Å². The van der Waals surface area contributed by atoms with E-state index in [9.17, 15) is 4.39 Å². The molecule has 1 aromatic heterocycles. The van der Waals surface area contributed by atoms with Crippen LogP contribution in [-0.4, -0.2) is 16.3 Å². The number of fused-ring (bicyclic) bond motifs is 1. The molecule has 0 bridgehead atoms. The zero-order chi connectivity index (χ0) is 10.1. The van der Waals surface area contributed by atoms with Gasteiger partial charge in [0.15, 0.2) is 11.6 Å². The predicted molar refractivity (Wildman–Crippen MR) is 51.8 cm³/mol. The molecule has 0 atom stereocenters. The summed E-state index contributed by atoms with van der Waals surface area (Å²) in [5.41, 5.74) is 0.610. The molecule has 0 aliphatic carbocycles. The van der Waals surface area contributed by atoms with Crippen LogP contribution in [0.25, 0.3) is 10.9 Å². The van der Waals surface area contributed by atoms with Crippen molar-refractivity contribution in [2.24, 2.45) is 0 Å². The number of nitrogens with one attached hydrogen (secondary N) is 1. The molecule has 2 aromatic rings. The molecule has 0 amide bonds. The van der Waals surface area contributed by atoms with Crippen molar-refractivity contribution >= 4 is 10.9 Å². The third-order valence-electron chi connectivity index (χ3n) is 1.88. The standard InChI is InChI=1S/C10H11FN2O/c1-6(2)14-10-8(11)4-3-7-5-12-13-9(7)10/h3-6H,1-2H3,(H,12,13). The number of aromatic amines is 1. The van der Waals surface area contributed by atoms with Crippen molar-refractivity contribution < 1.29 is 9.13 Å². The molecule has 3 nitrogen and oxygen atoms in total. The van der Waals surface area contributed by atoms with Gasteiger partial charge >= 0.3 is 0 Å². The van der Waals surface area contributed by atoms with Gasteiger partial charge in [0.05, 0.1) is 12.3 Å². The lowest BCUT2D eigenvalue weighted by Gasteiger charge is -2.10. The van der Waals surface area contributed by atoms with E-state index in [2.05, 4.69) is 10.2 Å². The molecule has 74 valence electrons. The van der Waals surface area contributed by atoms with Gasteiger partial charge < -0.3 is 4.74 Å². The Morgan fingerprint density at radius 2 is 2.21 bits per heavy atom. The van der Waals surface area contributed by atoms with Gasteiger partial charge in [-0.3, -0.25) is 5.10 Å². The minimum absolute atomic E-state index is 0.0570. The third kappa shape index (κ3) is 1.43. The highest BCUT2D eigenvalue weighted by molar-refractivity contribution is 5.84. The number of hydrogen-bond acceptors (Lipinski definition) is 2. The Labute approximate surface area is 80.9 Å². The van der Waals surface area contributed by atoms with Gasteiger partial charge in [0.2, 0.25) is 0 Å². The average Bonchev–Trinajstić information content (AvgIpc) is 2.57. The van der Waals surface area contributed by atoms with Crippen LogP contribution in [0.3, 0.4) is 0 Å².